The van der Waals surface area contributed by atoms with E-state index in [9.17, 15) is 0 Å². The first-order valence-electron chi connectivity index (χ1n) is 6.45. The van der Waals surface area contributed by atoms with Crippen LogP contribution in [0.5, 0.6) is 5.75 Å². The van der Waals surface area contributed by atoms with Crippen LogP contribution in [-0.2, 0) is 11.3 Å². The molecule has 0 amide bonds. The molecule has 0 radical (unpaired) electrons. The quantitative estimate of drug-likeness (QED) is 0.852. The normalized spacial score (nSPS) is 10.8. The summed E-state index contributed by atoms with van der Waals surface area (Å²) in [5.41, 5.74) is 1.96. The molecule has 0 aliphatic heterocycles. The Bertz CT molecular complexity index is 621. The summed E-state index contributed by atoms with van der Waals surface area (Å²) in [6.07, 6.45) is 0.167. The molecule has 106 valence electrons. The van der Waals surface area contributed by atoms with Gasteiger partial charge in [-0.2, -0.15) is 0 Å². The van der Waals surface area contributed by atoms with E-state index < -0.39 is 0 Å². The maximum Gasteiger partial charge on any atom is 0.134 e. The van der Waals surface area contributed by atoms with Crippen molar-refractivity contribution in [2.24, 2.45) is 0 Å². The third-order valence-corrected chi connectivity index (χ3v) is 2.82. The number of aromatic amines is 1. The third kappa shape index (κ3) is 3.88. The number of H-pyrrole nitrogens is 1. The molecule has 0 saturated carbocycles. The number of benzene rings is 1. The molecular formula is C15H18N2O2S. The summed E-state index contributed by atoms with van der Waals surface area (Å²) in [5.74, 6) is 1.58. The van der Waals surface area contributed by atoms with Gasteiger partial charge in [-0.25, -0.2) is 4.98 Å². The molecule has 0 saturated heterocycles. The van der Waals surface area contributed by atoms with Crippen LogP contribution in [0.1, 0.15) is 19.7 Å². The largest absolute Gasteiger partial charge is 0.491 e. The standard InChI is InChI=1S/C15H18N2O2S/c1-10(2)19-12-6-4-11(5-7-12)13-8-15(20)17-14(16-13)9-18-3/h4-8,10H,9H2,1-3H3,(H,16,17,20). The number of nitrogens with zero attached hydrogens (tertiary/aromatic N) is 1. The molecular weight excluding hydrogens is 272 g/mol. The summed E-state index contributed by atoms with van der Waals surface area (Å²) in [5, 5.41) is 0. The minimum absolute atomic E-state index is 0.167. The van der Waals surface area contributed by atoms with Gasteiger partial charge in [-0.15, -0.1) is 0 Å². The monoisotopic (exact) mass is 290 g/mol. The van der Waals surface area contributed by atoms with Gasteiger partial charge in [0, 0.05) is 12.8 Å². The van der Waals surface area contributed by atoms with Crippen molar-refractivity contribution >= 4 is 12.2 Å². The van der Waals surface area contributed by atoms with Crippen LogP contribution in [0.25, 0.3) is 11.3 Å². The van der Waals surface area contributed by atoms with E-state index >= 15 is 0 Å². The second-order valence-electron chi connectivity index (χ2n) is 4.70. The molecule has 4 nitrogen and oxygen atoms in total. The number of ether oxygens (including phenoxy) is 2. The predicted octanol–water partition coefficient (Wildman–Crippen LogP) is 3.74. The van der Waals surface area contributed by atoms with Gasteiger partial charge in [-0.1, -0.05) is 12.2 Å². The average Bonchev–Trinajstić information content (AvgIpc) is 2.38. The van der Waals surface area contributed by atoms with Crippen molar-refractivity contribution in [3.05, 3.63) is 40.8 Å². The van der Waals surface area contributed by atoms with Crippen LogP contribution in [0, 0.1) is 4.64 Å². The first-order valence-corrected chi connectivity index (χ1v) is 6.85. The van der Waals surface area contributed by atoms with E-state index in [-0.39, 0.29) is 6.10 Å². The van der Waals surface area contributed by atoms with E-state index in [0.717, 1.165) is 22.8 Å². The van der Waals surface area contributed by atoms with Crippen molar-refractivity contribution < 1.29 is 9.47 Å². The zero-order valence-electron chi connectivity index (χ0n) is 11.8. The first-order chi connectivity index (χ1) is 9.58. The highest BCUT2D eigenvalue weighted by atomic mass is 32.1. The SMILES string of the molecule is COCc1nc(=S)cc(-c2ccc(OC(C)C)cc2)[nH]1. The molecule has 2 aromatic rings. The van der Waals surface area contributed by atoms with Gasteiger partial charge in [0.15, 0.2) is 0 Å². The molecule has 2 rings (SSSR count). The highest BCUT2D eigenvalue weighted by molar-refractivity contribution is 7.71. The zero-order valence-corrected chi connectivity index (χ0v) is 12.7. The van der Waals surface area contributed by atoms with E-state index in [1.54, 1.807) is 7.11 Å². The van der Waals surface area contributed by atoms with Gasteiger partial charge in [0.2, 0.25) is 0 Å². The molecule has 1 aromatic carbocycles. The molecule has 1 heterocycles. The lowest BCUT2D eigenvalue weighted by Crippen LogP contribution is -2.05. The Balaban J connectivity index is 2.29. The van der Waals surface area contributed by atoms with Crippen LogP contribution in [0.3, 0.4) is 0 Å². The minimum Gasteiger partial charge on any atom is -0.491 e. The van der Waals surface area contributed by atoms with Crippen molar-refractivity contribution in [3.63, 3.8) is 0 Å². The average molecular weight is 290 g/mol. The van der Waals surface area contributed by atoms with Gasteiger partial charge in [0.25, 0.3) is 0 Å². The molecule has 1 aromatic heterocycles. The molecule has 0 fully saturated rings. The van der Waals surface area contributed by atoms with Crippen LogP contribution in [-0.4, -0.2) is 23.2 Å². The zero-order chi connectivity index (χ0) is 14.5. The number of aromatic nitrogens is 2. The first kappa shape index (κ1) is 14.7. The fourth-order valence-electron chi connectivity index (χ4n) is 1.85. The van der Waals surface area contributed by atoms with Gasteiger partial charge in [-0.05, 0) is 49.7 Å². The summed E-state index contributed by atoms with van der Waals surface area (Å²) in [4.78, 5) is 7.43. The Kier molecular flexibility index (Phi) is 4.87. The summed E-state index contributed by atoms with van der Waals surface area (Å²) in [6.45, 7) is 4.42. The number of rotatable bonds is 5. The molecule has 0 unspecified atom stereocenters. The lowest BCUT2D eigenvalue weighted by atomic mass is 10.1. The van der Waals surface area contributed by atoms with Crippen molar-refractivity contribution in [2.75, 3.05) is 7.11 Å². The highest BCUT2D eigenvalue weighted by Crippen LogP contribution is 2.21. The van der Waals surface area contributed by atoms with Crippen molar-refractivity contribution in [1.29, 1.82) is 0 Å². The Morgan fingerprint density at radius 3 is 2.55 bits per heavy atom. The van der Waals surface area contributed by atoms with Crippen molar-refractivity contribution in [1.82, 2.24) is 9.97 Å². The molecule has 20 heavy (non-hydrogen) atoms. The van der Waals surface area contributed by atoms with Gasteiger partial charge in [-0.3, -0.25) is 0 Å². The van der Waals surface area contributed by atoms with Crippen LogP contribution < -0.4 is 4.74 Å². The Morgan fingerprint density at radius 2 is 1.95 bits per heavy atom. The maximum atomic E-state index is 5.63. The van der Waals surface area contributed by atoms with E-state index in [1.165, 1.54) is 0 Å². The van der Waals surface area contributed by atoms with Gasteiger partial charge < -0.3 is 14.5 Å². The number of hydrogen-bond donors (Lipinski definition) is 1. The van der Waals surface area contributed by atoms with E-state index in [4.69, 9.17) is 21.7 Å². The molecule has 0 aliphatic rings. The fraction of sp³-hybridized carbons (Fsp3) is 0.333. The molecule has 0 aliphatic carbocycles. The predicted molar refractivity (Wildman–Crippen MR) is 81.3 cm³/mol. The smallest absolute Gasteiger partial charge is 0.134 e. The minimum atomic E-state index is 0.167. The third-order valence-electron chi connectivity index (χ3n) is 2.61. The number of methoxy groups -OCH3 is 1. The number of nitrogens with one attached hydrogen (secondary N) is 1. The van der Waals surface area contributed by atoms with Gasteiger partial charge in [0.05, 0.1) is 6.10 Å². The Labute approximate surface area is 123 Å². The van der Waals surface area contributed by atoms with Gasteiger partial charge in [0.1, 0.15) is 22.8 Å². The lowest BCUT2D eigenvalue weighted by Gasteiger charge is -2.10. The second kappa shape index (κ2) is 6.63. The second-order valence-corrected chi connectivity index (χ2v) is 5.12. The van der Waals surface area contributed by atoms with Crippen molar-refractivity contribution in [3.8, 4) is 17.0 Å². The molecule has 0 spiro atoms. The van der Waals surface area contributed by atoms with E-state index in [2.05, 4.69) is 9.97 Å². The summed E-state index contributed by atoms with van der Waals surface area (Å²) >= 11 is 5.17. The van der Waals surface area contributed by atoms with Gasteiger partial charge >= 0.3 is 0 Å². The van der Waals surface area contributed by atoms with E-state index in [1.807, 2.05) is 44.2 Å². The van der Waals surface area contributed by atoms with Crippen LogP contribution in [0.15, 0.2) is 30.3 Å². The summed E-state index contributed by atoms with van der Waals surface area (Å²) < 4.78 is 11.3. The number of hydrogen-bond acceptors (Lipinski definition) is 4. The Hall–Kier alpha value is -1.72. The molecule has 0 atom stereocenters. The topological polar surface area (TPSA) is 47.1 Å². The van der Waals surface area contributed by atoms with Crippen molar-refractivity contribution in [2.45, 2.75) is 26.6 Å². The summed E-state index contributed by atoms with van der Waals surface area (Å²) in [7, 11) is 1.63. The fourth-order valence-corrected chi connectivity index (χ4v) is 2.08. The molecule has 0 bridgehead atoms. The lowest BCUT2D eigenvalue weighted by molar-refractivity contribution is 0.177. The molecule has 1 N–H and O–H groups in total. The Morgan fingerprint density at radius 1 is 1.25 bits per heavy atom. The van der Waals surface area contributed by atoms with Crippen LogP contribution >= 0.6 is 12.2 Å². The van der Waals surface area contributed by atoms with Crippen LogP contribution in [0.2, 0.25) is 0 Å². The molecule has 5 heteroatoms. The summed E-state index contributed by atoms with van der Waals surface area (Å²) in [6, 6.07) is 9.72. The highest BCUT2D eigenvalue weighted by Gasteiger charge is 2.03. The van der Waals surface area contributed by atoms with Crippen LogP contribution in [0.4, 0.5) is 0 Å². The maximum absolute atomic E-state index is 5.63. The van der Waals surface area contributed by atoms with E-state index in [0.29, 0.717) is 11.2 Å².